The third-order valence-corrected chi connectivity index (χ3v) is 5.86. The van der Waals surface area contributed by atoms with Gasteiger partial charge in [0.15, 0.2) is 0 Å². The van der Waals surface area contributed by atoms with E-state index in [1.165, 1.54) is 22.3 Å². The molecule has 7 heteroatoms. The van der Waals surface area contributed by atoms with Crippen molar-refractivity contribution in [2.24, 2.45) is 5.92 Å². The van der Waals surface area contributed by atoms with Crippen LogP contribution in [0.15, 0.2) is 48.5 Å². The molecule has 2 aromatic rings. The fourth-order valence-corrected chi connectivity index (χ4v) is 4.74. The zero-order valence-corrected chi connectivity index (χ0v) is 21.3. The Labute approximate surface area is 208 Å². The van der Waals surface area contributed by atoms with Gasteiger partial charge in [-0.25, -0.2) is 4.79 Å². The van der Waals surface area contributed by atoms with E-state index in [4.69, 9.17) is 14.2 Å². The number of nitrogens with one attached hydrogen (secondary N) is 2. The Morgan fingerprint density at radius 3 is 2.14 bits per heavy atom. The van der Waals surface area contributed by atoms with Crippen molar-refractivity contribution in [1.29, 1.82) is 0 Å². The summed E-state index contributed by atoms with van der Waals surface area (Å²) in [6.45, 7) is 9.89. The zero-order chi connectivity index (χ0) is 25.3. The van der Waals surface area contributed by atoms with Gasteiger partial charge >= 0.3 is 6.09 Å². The Morgan fingerprint density at radius 1 is 0.914 bits per heavy atom. The van der Waals surface area contributed by atoms with Gasteiger partial charge in [-0.1, -0.05) is 62.4 Å². The van der Waals surface area contributed by atoms with Gasteiger partial charge in [0, 0.05) is 18.0 Å². The fraction of sp³-hybridized carbons (Fsp3) is 0.500. The average molecular weight is 483 g/mol. The quantitative estimate of drug-likeness (QED) is 0.411. The molecule has 0 heterocycles. The number of fused-ring (bicyclic) bond motifs is 3. The fourth-order valence-electron chi connectivity index (χ4n) is 4.74. The van der Waals surface area contributed by atoms with Crippen LogP contribution >= 0.6 is 0 Å². The van der Waals surface area contributed by atoms with E-state index in [1.54, 1.807) is 0 Å². The van der Waals surface area contributed by atoms with E-state index in [1.807, 2.05) is 38.1 Å². The summed E-state index contributed by atoms with van der Waals surface area (Å²) in [4.78, 5) is 24.2. The second-order valence-electron chi connectivity index (χ2n) is 9.95. The molecule has 7 nitrogen and oxygen atoms in total. The van der Waals surface area contributed by atoms with E-state index < -0.39 is 6.09 Å². The van der Waals surface area contributed by atoms with Crippen LogP contribution in [0.25, 0.3) is 11.1 Å². The molecule has 0 spiro atoms. The number of carbonyl (C=O) groups excluding carboxylic acids is 2. The maximum atomic E-state index is 12.2. The van der Waals surface area contributed by atoms with Gasteiger partial charge in [-0.15, -0.1) is 0 Å². The first kappa shape index (κ1) is 26.7. The standard InChI is InChI=1S/C28H38N2O5/c1-20(2)17-28(3,4)30-26(31)19-34-16-15-33-14-13-29-27(32)35-18-25-23-11-7-5-9-21(23)22-10-6-8-12-24(22)25/h5-12,20,25H,13-19H2,1-4H3,(H,29,32)(H,30,31). The van der Waals surface area contributed by atoms with E-state index in [2.05, 4.69) is 48.7 Å². The van der Waals surface area contributed by atoms with Crippen molar-refractivity contribution in [2.45, 2.75) is 45.6 Å². The number of alkyl carbamates (subject to hydrolysis) is 1. The SMILES string of the molecule is CC(C)CC(C)(C)NC(=O)COCCOCCNC(=O)OCC1c2ccccc2-c2ccccc21. The molecule has 0 fully saturated rings. The lowest BCUT2D eigenvalue weighted by atomic mass is 9.93. The Hall–Kier alpha value is -2.90. The topological polar surface area (TPSA) is 85.9 Å². The first-order valence-corrected chi connectivity index (χ1v) is 12.3. The maximum absolute atomic E-state index is 12.2. The Kier molecular flexibility index (Phi) is 9.69. The van der Waals surface area contributed by atoms with Crippen LogP contribution in [0, 0.1) is 5.92 Å². The second-order valence-corrected chi connectivity index (χ2v) is 9.95. The van der Waals surface area contributed by atoms with Crippen LogP contribution in [0.5, 0.6) is 0 Å². The van der Waals surface area contributed by atoms with Crippen LogP contribution in [0.4, 0.5) is 4.79 Å². The van der Waals surface area contributed by atoms with Crippen LogP contribution in [0.1, 0.15) is 51.2 Å². The van der Waals surface area contributed by atoms with Gasteiger partial charge in [0.1, 0.15) is 13.2 Å². The van der Waals surface area contributed by atoms with Crippen molar-refractivity contribution in [3.63, 3.8) is 0 Å². The highest BCUT2D eigenvalue weighted by Crippen LogP contribution is 2.44. The summed E-state index contributed by atoms with van der Waals surface area (Å²) in [7, 11) is 0. The van der Waals surface area contributed by atoms with Gasteiger partial charge in [-0.2, -0.15) is 0 Å². The molecule has 1 aliphatic rings. The molecule has 0 aliphatic heterocycles. The second kappa shape index (κ2) is 12.7. The van der Waals surface area contributed by atoms with Crippen molar-refractivity contribution in [2.75, 3.05) is 39.6 Å². The summed E-state index contributed by atoms with van der Waals surface area (Å²) in [6, 6.07) is 16.5. The molecule has 2 amide bonds. The van der Waals surface area contributed by atoms with Gasteiger partial charge < -0.3 is 24.8 Å². The summed E-state index contributed by atoms with van der Waals surface area (Å²) in [5.41, 5.74) is 4.51. The minimum Gasteiger partial charge on any atom is -0.449 e. The van der Waals surface area contributed by atoms with Crippen molar-refractivity contribution < 1.29 is 23.8 Å². The monoisotopic (exact) mass is 482 g/mol. The van der Waals surface area contributed by atoms with E-state index in [0.29, 0.717) is 32.3 Å². The third-order valence-electron chi connectivity index (χ3n) is 5.86. The first-order valence-electron chi connectivity index (χ1n) is 12.3. The highest BCUT2D eigenvalue weighted by molar-refractivity contribution is 5.79. The van der Waals surface area contributed by atoms with E-state index in [9.17, 15) is 9.59 Å². The molecule has 0 aromatic heterocycles. The van der Waals surface area contributed by atoms with Crippen molar-refractivity contribution >= 4 is 12.0 Å². The minimum atomic E-state index is -0.465. The lowest BCUT2D eigenvalue weighted by molar-refractivity contribution is -0.128. The summed E-state index contributed by atoms with van der Waals surface area (Å²) >= 11 is 0. The van der Waals surface area contributed by atoms with Gasteiger partial charge in [0.2, 0.25) is 5.91 Å². The number of benzene rings is 2. The predicted octanol–water partition coefficient (Wildman–Crippen LogP) is 4.50. The van der Waals surface area contributed by atoms with E-state index >= 15 is 0 Å². The van der Waals surface area contributed by atoms with Crippen LogP contribution in [-0.2, 0) is 19.0 Å². The molecule has 0 atom stereocenters. The maximum Gasteiger partial charge on any atom is 0.407 e. The first-order chi connectivity index (χ1) is 16.8. The number of hydrogen-bond donors (Lipinski definition) is 2. The number of hydrogen-bond acceptors (Lipinski definition) is 5. The van der Waals surface area contributed by atoms with Gasteiger partial charge in [0.05, 0.1) is 19.8 Å². The number of ether oxygens (including phenoxy) is 3. The Morgan fingerprint density at radius 2 is 1.51 bits per heavy atom. The van der Waals surface area contributed by atoms with E-state index in [0.717, 1.165) is 6.42 Å². The summed E-state index contributed by atoms with van der Waals surface area (Å²) in [6.07, 6.45) is 0.436. The van der Waals surface area contributed by atoms with Gasteiger partial charge in [-0.3, -0.25) is 4.79 Å². The Balaban J connectivity index is 1.26. The molecule has 190 valence electrons. The zero-order valence-electron chi connectivity index (χ0n) is 21.3. The molecular weight excluding hydrogens is 444 g/mol. The van der Waals surface area contributed by atoms with Gasteiger partial charge in [0.25, 0.3) is 0 Å². The summed E-state index contributed by atoms with van der Waals surface area (Å²) < 4.78 is 16.3. The highest BCUT2D eigenvalue weighted by atomic mass is 16.6. The van der Waals surface area contributed by atoms with Crippen molar-refractivity contribution in [3.05, 3.63) is 59.7 Å². The molecule has 0 saturated carbocycles. The molecule has 2 N–H and O–H groups in total. The van der Waals surface area contributed by atoms with Crippen LogP contribution in [0.3, 0.4) is 0 Å². The van der Waals surface area contributed by atoms with Crippen molar-refractivity contribution in [3.8, 4) is 11.1 Å². The van der Waals surface area contributed by atoms with Crippen molar-refractivity contribution in [1.82, 2.24) is 10.6 Å². The third kappa shape index (κ3) is 8.08. The largest absolute Gasteiger partial charge is 0.449 e. The molecule has 0 bridgehead atoms. The van der Waals surface area contributed by atoms with Gasteiger partial charge in [-0.05, 0) is 48.4 Å². The average Bonchev–Trinajstić information content (AvgIpc) is 3.12. The molecule has 0 unspecified atom stereocenters. The number of carbonyl (C=O) groups is 2. The molecule has 0 saturated heterocycles. The molecule has 2 aromatic carbocycles. The predicted molar refractivity (Wildman–Crippen MR) is 136 cm³/mol. The van der Waals surface area contributed by atoms with Crippen LogP contribution in [-0.4, -0.2) is 57.1 Å². The van der Waals surface area contributed by atoms with Crippen LogP contribution < -0.4 is 10.6 Å². The lowest BCUT2D eigenvalue weighted by Crippen LogP contribution is -2.45. The smallest absolute Gasteiger partial charge is 0.407 e. The molecule has 35 heavy (non-hydrogen) atoms. The molecule has 1 aliphatic carbocycles. The summed E-state index contributed by atoms with van der Waals surface area (Å²) in [5, 5.41) is 5.70. The number of rotatable bonds is 13. The minimum absolute atomic E-state index is 0.00286. The van der Waals surface area contributed by atoms with E-state index in [-0.39, 0.29) is 30.6 Å². The molecular formula is C28H38N2O5. The highest BCUT2D eigenvalue weighted by Gasteiger charge is 2.29. The summed E-state index contributed by atoms with van der Waals surface area (Å²) in [5.74, 6) is 0.406. The normalized spacial score (nSPS) is 12.8. The molecule has 0 radical (unpaired) electrons. The number of amides is 2. The molecule has 3 rings (SSSR count). The van der Waals surface area contributed by atoms with Crippen LogP contribution in [0.2, 0.25) is 0 Å². The Bertz CT molecular complexity index is 943. The lowest BCUT2D eigenvalue weighted by Gasteiger charge is -2.28.